The Morgan fingerprint density at radius 3 is 2.29 bits per heavy atom. The number of carbonyl (C=O) groups is 1. The third-order valence-corrected chi connectivity index (χ3v) is 5.85. The van der Waals surface area contributed by atoms with Crippen LogP contribution in [0.2, 0.25) is 0 Å². The van der Waals surface area contributed by atoms with Gasteiger partial charge in [0.2, 0.25) is 0 Å². The first-order chi connectivity index (χ1) is 13.7. The molecule has 0 unspecified atom stereocenters. The van der Waals surface area contributed by atoms with Gasteiger partial charge in [-0.25, -0.2) is 4.79 Å². The molecule has 0 atom stereocenters. The molecule has 0 bridgehead atoms. The second-order valence-electron chi connectivity index (χ2n) is 7.49. The SMILES string of the molecule is O=C(OCC1c2ccccc2-c2ccccc21)N1CC(CO)(n2cccn2)C1. The topological polar surface area (TPSA) is 67.6 Å². The van der Waals surface area contributed by atoms with Crippen LogP contribution < -0.4 is 0 Å². The van der Waals surface area contributed by atoms with Gasteiger partial charge in [0.1, 0.15) is 12.1 Å². The van der Waals surface area contributed by atoms with Crippen molar-refractivity contribution >= 4 is 6.09 Å². The summed E-state index contributed by atoms with van der Waals surface area (Å²) in [5.74, 6) is 0.0475. The lowest BCUT2D eigenvalue weighted by molar-refractivity contribution is -0.0343. The van der Waals surface area contributed by atoms with Crippen molar-refractivity contribution in [3.8, 4) is 11.1 Å². The van der Waals surface area contributed by atoms with Crippen LogP contribution in [0, 0.1) is 0 Å². The summed E-state index contributed by atoms with van der Waals surface area (Å²) in [5, 5.41) is 14.0. The zero-order valence-electron chi connectivity index (χ0n) is 15.4. The fourth-order valence-electron chi connectivity index (χ4n) is 4.35. The first kappa shape index (κ1) is 17.0. The van der Waals surface area contributed by atoms with Crippen molar-refractivity contribution in [3.63, 3.8) is 0 Å². The fourth-order valence-corrected chi connectivity index (χ4v) is 4.35. The van der Waals surface area contributed by atoms with E-state index in [1.165, 1.54) is 22.3 Å². The van der Waals surface area contributed by atoms with Crippen LogP contribution in [0.3, 0.4) is 0 Å². The highest BCUT2D eigenvalue weighted by atomic mass is 16.6. The lowest BCUT2D eigenvalue weighted by Crippen LogP contribution is -2.66. The third kappa shape index (κ3) is 2.52. The molecular formula is C22H21N3O3. The van der Waals surface area contributed by atoms with Crippen LogP contribution in [0.5, 0.6) is 0 Å². The van der Waals surface area contributed by atoms with Gasteiger partial charge in [0, 0.05) is 18.3 Å². The number of nitrogens with zero attached hydrogens (tertiary/aromatic N) is 3. The largest absolute Gasteiger partial charge is 0.448 e. The Hall–Kier alpha value is -3.12. The monoisotopic (exact) mass is 375 g/mol. The van der Waals surface area contributed by atoms with Crippen LogP contribution in [-0.2, 0) is 10.3 Å². The number of likely N-dealkylation sites (tertiary alicyclic amines) is 1. The molecule has 5 rings (SSSR count). The number of ether oxygens (including phenoxy) is 1. The summed E-state index contributed by atoms with van der Waals surface area (Å²) in [5.41, 5.74) is 4.26. The van der Waals surface area contributed by atoms with Gasteiger partial charge >= 0.3 is 6.09 Å². The van der Waals surface area contributed by atoms with E-state index in [4.69, 9.17) is 4.74 Å². The molecule has 1 aromatic heterocycles. The average molecular weight is 375 g/mol. The molecule has 1 aliphatic carbocycles. The van der Waals surface area contributed by atoms with E-state index in [1.54, 1.807) is 15.8 Å². The van der Waals surface area contributed by atoms with E-state index in [0.717, 1.165) is 0 Å². The number of amides is 1. The van der Waals surface area contributed by atoms with Crippen molar-refractivity contribution in [1.29, 1.82) is 0 Å². The molecule has 0 saturated carbocycles. The molecule has 1 fully saturated rings. The Balaban J connectivity index is 1.28. The van der Waals surface area contributed by atoms with Gasteiger partial charge in [0.25, 0.3) is 0 Å². The van der Waals surface area contributed by atoms with E-state index >= 15 is 0 Å². The number of benzene rings is 2. The maximum Gasteiger partial charge on any atom is 0.409 e. The summed E-state index contributed by atoms with van der Waals surface area (Å²) in [6, 6.07) is 18.4. The molecule has 28 heavy (non-hydrogen) atoms. The molecular weight excluding hydrogens is 354 g/mol. The fraction of sp³-hybridized carbons (Fsp3) is 0.273. The number of fused-ring (bicyclic) bond motifs is 3. The van der Waals surface area contributed by atoms with Crippen molar-refractivity contribution in [1.82, 2.24) is 14.7 Å². The summed E-state index contributed by atoms with van der Waals surface area (Å²) >= 11 is 0. The van der Waals surface area contributed by atoms with E-state index in [1.807, 2.05) is 36.5 Å². The van der Waals surface area contributed by atoms with Gasteiger partial charge in [-0.3, -0.25) is 4.68 Å². The maximum atomic E-state index is 12.6. The van der Waals surface area contributed by atoms with Gasteiger partial charge in [0.05, 0.1) is 19.7 Å². The van der Waals surface area contributed by atoms with Crippen LogP contribution >= 0.6 is 0 Å². The van der Waals surface area contributed by atoms with Gasteiger partial charge in [0.15, 0.2) is 0 Å². The normalized spacial score (nSPS) is 17.0. The van der Waals surface area contributed by atoms with Crippen LogP contribution in [-0.4, -0.2) is 52.2 Å². The van der Waals surface area contributed by atoms with Crippen molar-refractivity contribution in [2.24, 2.45) is 0 Å². The van der Waals surface area contributed by atoms with E-state index in [9.17, 15) is 9.90 Å². The minimum Gasteiger partial charge on any atom is -0.448 e. The minimum atomic E-state index is -0.547. The van der Waals surface area contributed by atoms with Crippen LogP contribution in [0.4, 0.5) is 4.79 Å². The summed E-state index contributed by atoms with van der Waals surface area (Å²) in [7, 11) is 0. The number of hydrogen-bond acceptors (Lipinski definition) is 4. The quantitative estimate of drug-likeness (QED) is 0.761. The molecule has 142 valence electrons. The summed E-state index contributed by atoms with van der Waals surface area (Å²) in [6.45, 7) is 1.02. The molecule has 1 amide bonds. The first-order valence-electron chi connectivity index (χ1n) is 9.43. The van der Waals surface area contributed by atoms with Gasteiger partial charge < -0.3 is 14.7 Å². The zero-order valence-corrected chi connectivity index (χ0v) is 15.4. The second kappa shape index (κ2) is 6.49. The number of aromatic nitrogens is 2. The predicted molar refractivity (Wildman–Crippen MR) is 104 cm³/mol. The smallest absolute Gasteiger partial charge is 0.409 e. The van der Waals surface area contributed by atoms with Crippen molar-refractivity contribution in [3.05, 3.63) is 78.1 Å². The standard InChI is InChI=1S/C22H21N3O3/c26-15-22(25-11-5-10-23-25)13-24(14-22)21(27)28-12-20-18-8-3-1-6-16(18)17-7-2-4-9-19(17)20/h1-11,20,26H,12-15H2. The number of hydrogen-bond donors (Lipinski definition) is 1. The Bertz CT molecular complexity index is 964. The molecule has 1 N–H and O–H groups in total. The lowest BCUT2D eigenvalue weighted by Gasteiger charge is -2.48. The zero-order chi connectivity index (χ0) is 19.1. The molecule has 6 nitrogen and oxygen atoms in total. The number of rotatable bonds is 4. The lowest BCUT2D eigenvalue weighted by atomic mass is 9.91. The first-order valence-corrected chi connectivity index (χ1v) is 9.43. The second-order valence-corrected chi connectivity index (χ2v) is 7.49. The molecule has 6 heteroatoms. The van der Waals surface area contributed by atoms with E-state index in [-0.39, 0.29) is 18.6 Å². The highest BCUT2D eigenvalue weighted by Gasteiger charge is 2.48. The highest BCUT2D eigenvalue weighted by Crippen LogP contribution is 2.44. The van der Waals surface area contributed by atoms with Crippen molar-refractivity contribution in [2.45, 2.75) is 11.5 Å². The van der Waals surface area contributed by atoms with Crippen LogP contribution in [0.15, 0.2) is 67.0 Å². The molecule has 1 saturated heterocycles. The van der Waals surface area contributed by atoms with E-state index in [2.05, 4.69) is 29.4 Å². The average Bonchev–Trinajstić information content (AvgIpc) is 3.33. The molecule has 2 aromatic carbocycles. The summed E-state index contributed by atoms with van der Waals surface area (Å²) < 4.78 is 7.40. The van der Waals surface area contributed by atoms with Gasteiger partial charge in [-0.2, -0.15) is 5.10 Å². The molecule has 2 heterocycles. The maximum absolute atomic E-state index is 12.6. The van der Waals surface area contributed by atoms with Crippen LogP contribution in [0.25, 0.3) is 11.1 Å². The van der Waals surface area contributed by atoms with Gasteiger partial charge in [-0.15, -0.1) is 0 Å². The van der Waals surface area contributed by atoms with E-state index in [0.29, 0.717) is 19.7 Å². The summed E-state index contributed by atoms with van der Waals surface area (Å²) in [4.78, 5) is 14.2. The molecule has 2 aliphatic rings. The molecule has 1 aliphatic heterocycles. The van der Waals surface area contributed by atoms with Gasteiger partial charge in [-0.05, 0) is 28.3 Å². The third-order valence-electron chi connectivity index (χ3n) is 5.85. The molecule has 0 radical (unpaired) electrons. The number of aliphatic hydroxyl groups is 1. The molecule has 0 spiro atoms. The van der Waals surface area contributed by atoms with Gasteiger partial charge in [-0.1, -0.05) is 48.5 Å². The Morgan fingerprint density at radius 1 is 1.07 bits per heavy atom. The van der Waals surface area contributed by atoms with Crippen molar-refractivity contribution < 1.29 is 14.6 Å². The Kier molecular flexibility index (Phi) is 3.94. The van der Waals surface area contributed by atoms with Crippen LogP contribution in [0.1, 0.15) is 17.0 Å². The Labute approximate surface area is 163 Å². The number of carbonyl (C=O) groups excluding carboxylic acids is 1. The predicted octanol–water partition coefficient (Wildman–Crippen LogP) is 2.84. The number of aliphatic hydroxyl groups excluding tert-OH is 1. The minimum absolute atomic E-state index is 0.0475. The van der Waals surface area contributed by atoms with Crippen molar-refractivity contribution in [2.75, 3.05) is 26.3 Å². The highest BCUT2D eigenvalue weighted by molar-refractivity contribution is 5.79. The Morgan fingerprint density at radius 2 is 1.71 bits per heavy atom. The van der Waals surface area contributed by atoms with E-state index < -0.39 is 5.54 Å². The molecule has 3 aromatic rings. The summed E-state index contributed by atoms with van der Waals surface area (Å²) in [6.07, 6.45) is 3.14.